The zero-order chi connectivity index (χ0) is 27.6. The third kappa shape index (κ3) is 3.45. The highest BCUT2D eigenvalue weighted by atomic mass is 16.4. The summed E-state index contributed by atoms with van der Waals surface area (Å²) >= 11 is 0. The summed E-state index contributed by atoms with van der Waals surface area (Å²) in [5.74, 6) is -9.14. The van der Waals surface area contributed by atoms with E-state index in [2.05, 4.69) is 11.7 Å². The molecule has 4 rings (SSSR count). The number of likely N-dealkylation sites (N-methyl/N-ethyl adjacent to an activating group) is 1. The van der Waals surface area contributed by atoms with Crippen molar-refractivity contribution in [3.8, 4) is 5.75 Å². The van der Waals surface area contributed by atoms with Gasteiger partial charge in [-0.25, -0.2) is 0 Å². The number of aliphatic imine (C=N–C) groups is 1. The van der Waals surface area contributed by atoms with E-state index in [9.17, 15) is 39.9 Å². The molecule has 11 nitrogen and oxygen atoms in total. The van der Waals surface area contributed by atoms with Crippen LogP contribution in [0.5, 0.6) is 5.75 Å². The molecule has 37 heavy (non-hydrogen) atoms. The topological polar surface area (TPSA) is 194 Å². The number of Topliss-reactive ketones (excluding diaryl/α,β-unsaturated/α-hetero) is 2. The number of hydrogen-bond acceptors (Lipinski definition) is 10. The van der Waals surface area contributed by atoms with Crippen molar-refractivity contribution in [3.05, 3.63) is 51.8 Å². The molecule has 3 aliphatic carbocycles. The zero-order valence-corrected chi connectivity index (χ0v) is 20.5. The van der Waals surface area contributed by atoms with Crippen LogP contribution >= 0.6 is 0 Å². The van der Waals surface area contributed by atoms with Crippen LogP contribution in [0.4, 0.5) is 0 Å². The van der Waals surface area contributed by atoms with Crippen LogP contribution in [0.15, 0.2) is 40.1 Å². The first kappa shape index (κ1) is 26.3. The molecule has 1 amide bonds. The SMILES string of the molecule is C=NC/C=C/c1ccc2c(c1O)C(O)=C1C(=O)[C@]3(O)C(O)=C(C(N)=O)C(=O)[C@@H](N(C)C)[C@@H]3[C@@H](O)[C@@H]1[C@H]2C. The number of hydrogen-bond donors (Lipinski definition) is 6. The van der Waals surface area contributed by atoms with Gasteiger partial charge in [-0.1, -0.05) is 31.2 Å². The molecule has 0 saturated heterocycles. The normalized spacial score (nSPS) is 31.5. The van der Waals surface area contributed by atoms with Crippen LogP contribution in [0.3, 0.4) is 0 Å². The number of amides is 1. The summed E-state index contributed by atoms with van der Waals surface area (Å²) in [5, 5.41) is 56.4. The Labute approximate surface area is 212 Å². The first-order valence-corrected chi connectivity index (χ1v) is 11.6. The minimum Gasteiger partial charge on any atom is -0.508 e. The number of nitrogens with zero attached hydrogens (tertiary/aromatic N) is 2. The van der Waals surface area contributed by atoms with Crippen LogP contribution in [0.25, 0.3) is 11.8 Å². The quantitative estimate of drug-likeness (QED) is 0.237. The molecule has 6 atom stereocenters. The molecule has 1 fully saturated rings. The molecule has 7 N–H and O–H groups in total. The van der Waals surface area contributed by atoms with E-state index in [1.807, 2.05) is 0 Å². The number of phenolic OH excluding ortho intramolecular Hbond substituents is 1. The van der Waals surface area contributed by atoms with E-state index in [4.69, 9.17) is 5.73 Å². The van der Waals surface area contributed by atoms with E-state index >= 15 is 0 Å². The molecule has 0 heterocycles. The van der Waals surface area contributed by atoms with Crippen molar-refractivity contribution in [1.29, 1.82) is 0 Å². The van der Waals surface area contributed by atoms with E-state index in [1.165, 1.54) is 19.0 Å². The van der Waals surface area contributed by atoms with Crippen molar-refractivity contribution in [3.63, 3.8) is 0 Å². The van der Waals surface area contributed by atoms with Crippen LogP contribution in [-0.4, -0.2) is 93.0 Å². The highest BCUT2D eigenvalue weighted by Gasteiger charge is 2.68. The summed E-state index contributed by atoms with van der Waals surface area (Å²) in [6.07, 6.45) is 1.56. The fourth-order valence-electron chi connectivity index (χ4n) is 6.02. The van der Waals surface area contributed by atoms with Crippen LogP contribution in [0.2, 0.25) is 0 Å². The Hall–Kier alpha value is -3.80. The number of aromatic hydroxyl groups is 1. The second-order valence-corrected chi connectivity index (χ2v) is 9.83. The van der Waals surface area contributed by atoms with Gasteiger partial charge in [0.05, 0.1) is 30.2 Å². The Morgan fingerprint density at radius 1 is 1.24 bits per heavy atom. The van der Waals surface area contributed by atoms with Crippen molar-refractivity contribution in [2.45, 2.75) is 30.6 Å². The number of ketones is 2. The van der Waals surface area contributed by atoms with Gasteiger partial charge in [-0.2, -0.15) is 0 Å². The lowest BCUT2D eigenvalue weighted by atomic mass is 9.54. The first-order chi connectivity index (χ1) is 17.3. The van der Waals surface area contributed by atoms with Crippen molar-refractivity contribution in [2.24, 2.45) is 22.6 Å². The van der Waals surface area contributed by atoms with E-state index in [0.717, 1.165) is 0 Å². The standard InChI is InChI=1S/C26H29N3O8/c1-10-12-8-7-11(6-5-9-28-2)19(30)14(12)20(31)15-13(10)21(32)17-18(29(3)4)22(33)16(25(27)36)24(35)26(17,37)23(15)34/h5-8,10,13,17-18,21,30-32,35,37H,2,9H2,1,3-4H3,(H2,27,36)/b6-5+/t10-,13+,17+,18-,21-,26-/m0/s1. The van der Waals surface area contributed by atoms with Crippen molar-refractivity contribution < 1.29 is 39.9 Å². The Balaban J connectivity index is 2.01. The van der Waals surface area contributed by atoms with E-state index in [-0.39, 0.29) is 17.9 Å². The third-order valence-electron chi connectivity index (χ3n) is 7.69. The monoisotopic (exact) mass is 511 g/mol. The maximum Gasteiger partial charge on any atom is 0.255 e. The van der Waals surface area contributed by atoms with Crippen molar-refractivity contribution in [1.82, 2.24) is 4.90 Å². The lowest BCUT2D eigenvalue weighted by Crippen LogP contribution is -2.70. The lowest BCUT2D eigenvalue weighted by Gasteiger charge is -2.53. The highest BCUT2D eigenvalue weighted by Crippen LogP contribution is 2.56. The van der Waals surface area contributed by atoms with Gasteiger partial charge < -0.3 is 31.3 Å². The minimum atomic E-state index is -2.94. The summed E-state index contributed by atoms with van der Waals surface area (Å²) in [5.41, 5.74) is 1.67. The first-order valence-electron chi connectivity index (χ1n) is 11.6. The molecule has 0 unspecified atom stereocenters. The minimum absolute atomic E-state index is 0.0651. The number of aliphatic hydroxyl groups is 4. The summed E-state index contributed by atoms with van der Waals surface area (Å²) in [4.78, 5) is 44.2. The van der Waals surface area contributed by atoms with Crippen LogP contribution in [0, 0.1) is 11.8 Å². The van der Waals surface area contributed by atoms with Gasteiger partial charge in [0.1, 0.15) is 22.8 Å². The van der Waals surface area contributed by atoms with E-state index in [0.29, 0.717) is 11.1 Å². The van der Waals surface area contributed by atoms with Crippen molar-refractivity contribution in [2.75, 3.05) is 20.6 Å². The summed E-state index contributed by atoms with van der Waals surface area (Å²) in [6, 6.07) is 1.86. The second kappa shape index (κ2) is 8.94. The van der Waals surface area contributed by atoms with Gasteiger partial charge in [0.2, 0.25) is 5.78 Å². The summed E-state index contributed by atoms with van der Waals surface area (Å²) < 4.78 is 0. The molecule has 196 valence electrons. The Morgan fingerprint density at radius 3 is 2.46 bits per heavy atom. The van der Waals surface area contributed by atoms with Gasteiger partial charge in [-0.05, 0) is 32.3 Å². The van der Waals surface area contributed by atoms with Gasteiger partial charge in [0.15, 0.2) is 11.4 Å². The molecule has 1 saturated carbocycles. The number of carbonyl (C=O) groups excluding carboxylic acids is 3. The summed E-state index contributed by atoms with van der Waals surface area (Å²) in [6.45, 7) is 5.33. The van der Waals surface area contributed by atoms with Crippen LogP contribution in [-0.2, 0) is 14.4 Å². The fourth-order valence-corrected chi connectivity index (χ4v) is 6.02. The number of carbonyl (C=O) groups is 3. The maximum absolute atomic E-state index is 13.9. The Morgan fingerprint density at radius 2 is 1.89 bits per heavy atom. The number of rotatable bonds is 5. The smallest absolute Gasteiger partial charge is 0.255 e. The van der Waals surface area contributed by atoms with Gasteiger partial charge in [0.25, 0.3) is 5.91 Å². The molecular weight excluding hydrogens is 482 g/mol. The second-order valence-electron chi connectivity index (χ2n) is 9.83. The van der Waals surface area contributed by atoms with Gasteiger partial charge >= 0.3 is 0 Å². The molecule has 0 radical (unpaired) electrons. The van der Waals surface area contributed by atoms with Gasteiger partial charge in [0, 0.05) is 17.1 Å². The number of phenols is 1. The predicted molar refractivity (Wildman–Crippen MR) is 134 cm³/mol. The molecule has 0 aliphatic heterocycles. The number of primary amides is 1. The van der Waals surface area contributed by atoms with E-state index in [1.54, 1.807) is 31.2 Å². The molecule has 0 aromatic heterocycles. The molecular formula is C26H29N3O8. The molecule has 0 bridgehead atoms. The zero-order valence-electron chi connectivity index (χ0n) is 20.5. The lowest BCUT2D eigenvalue weighted by molar-refractivity contribution is -0.169. The largest absolute Gasteiger partial charge is 0.508 e. The fraction of sp³-hybridized carbons (Fsp3) is 0.385. The van der Waals surface area contributed by atoms with Crippen LogP contribution < -0.4 is 5.73 Å². The Kier molecular flexibility index (Phi) is 6.35. The van der Waals surface area contributed by atoms with Crippen molar-refractivity contribution >= 4 is 36.0 Å². The molecule has 1 aromatic rings. The Bertz CT molecular complexity index is 1330. The number of aliphatic hydroxyl groups excluding tert-OH is 3. The molecule has 11 heteroatoms. The molecule has 0 spiro atoms. The van der Waals surface area contributed by atoms with E-state index < -0.39 is 75.6 Å². The molecule has 1 aromatic carbocycles. The summed E-state index contributed by atoms with van der Waals surface area (Å²) in [7, 11) is 2.91. The highest BCUT2D eigenvalue weighted by molar-refractivity contribution is 6.24. The number of benzene rings is 1. The maximum atomic E-state index is 13.9. The number of fused-ring (bicyclic) bond motifs is 3. The van der Waals surface area contributed by atoms with Gasteiger partial charge in [-0.3, -0.25) is 24.3 Å². The average molecular weight is 512 g/mol. The third-order valence-corrected chi connectivity index (χ3v) is 7.69. The predicted octanol–water partition coefficient (Wildman–Crippen LogP) is 0.210. The number of nitrogens with two attached hydrogens (primary N) is 1. The molecule has 3 aliphatic rings. The van der Waals surface area contributed by atoms with Gasteiger partial charge in [-0.15, -0.1) is 0 Å². The van der Waals surface area contributed by atoms with Crippen LogP contribution in [0.1, 0.15) is 29.5 Å². The average Bonchev–Trinajstić information content (AvgIpc) is 2.82.